The van der Waals surface area contributed by atoms with Crippen LogP contribution in [0.2, 0.25) is 19.1 Å². The van der Waals surface area contributed by atoms with Gasteiger partial charge in [-0.15, -0.1) is 0 Å². The third-order valence-electron chi connectivity index (χ3n) is 3.60. The number of hydrogen-bond acceptors (Lipinski definition) is 3. The highest BCUT2D eigenvalue weighted by molar-refractivity contribution is 6.78. The smallest absolute Gasteiger partial charge is 0.333 e. The average molecular weight is 270 g/mol. The molecule has 0 aromatic carbocycles. The van der Waals surface area contributed by atoms with Crippen molar-refractivity contribution < 1.29 is 14.3 Å². The summed E-state index contributed by atoms with van der Waals surface area (Å²) >= 11 is 0. The SMILES string of the molecule is C=C(C)C(=O)OCCC[Si](C)(C)C1CCCCO1. The quantitative estimate of drug-likeness (QED) is 0.321. The van der Waals surface area contributed by atoms with Crippen molar-refractivity contribution in [1.29, 1.82) is 0 Å². The second-order valence-corrected chi connectivity index (χ2v) is 11.0. The third-order valence-corrected chi connectivity index (χ3v) is 7.44. The minimum atomic E-state index is -1.34. The van der Waals surface area contributed by atoms with Crippen LogP contribution in [0.3, 0.4) is 0 Å². The molecule has 1 aliphatic heterocycles. The Morgan fingerprint density at radius 3 is 2.72 bits per heavy atom. The largest absolute Gasteiger partial charge is 0.462 e. The molecule has 0 aromatic rings. The van der Waals surface area contributed by atoms with Crippen LogP contribution in [-0.4, -0.2) is 33.0 Å². The van der Waals surface area contributed by atoms with Gasteiger partial charge in [0.2, 0.25) is 0 Å². The Balaban J connectivity index is 2.24. The number of rotatable bonds is 6. The number of esters is 1. The molecule has 0 saturated carbocycles. The Morgan fingerprint density at radius 1 is 1.44 bits per heavy atom. The zero-order valence-corrected chi connectivity index (χ0v) is 13.0. The fourth-order valence-corrected chi connectivity index (χ4v) is 5.27. The van der Waals surface area contributed by atoms with E-state index >= 15 is 0 Å². The van der Waals surface area contributed by atoms with E-state index < -0.39 is 8.07 Å². The Labute approximate surface area is 112 Å². The molecule has 0 aliphatic carbocycles. The maximum atomic E-state index is 11.2. The van der Waals surface area contributed by atoms with Crippen molar-refractivity contribution in [2.45, 2.75) is 57.5 Å². The first-order chi connectivity index (χ1) is 8.43. The average Bonchev–Trinajstić information content (AvgIpc) is 2.35. The molecule has 1 heterocycles. The molecule has 1 unspecified atom stereocenters. The Bertz CT molecular complexity index is 293. The topological polar surface area (TPSA) is 35.5 Å². The summed E-state index contributed by atoms with van der Waals surface area (Å²) in [5.74, 6) is -0.275. The lowest BCUT2D eigenvalue weighted by atomic mass is 10.2. The molecule has 18 heavy (non-hydrogen) atoms. The highest BCUT2D eigenvalue weighted by Gasteiger charge is 2.33. The highest BCUT2D eigenvalue weighted by Crippen LogP contribution is 2.26. The molecule has 1 saturated heterocycles. The van der Waals surface area contributed by atoms with Gasteiger partial charge in [0.1, 0.15) is 0 Å². The van der Waals surface area contributed by atoms with Crippen molar-refractivity contribution in [1.82, 2.24) is 0 Å². The first-order valence-electron chi connectivity index (χ1n) is 6.88. The number of carbonyl (C=O) groups excluding carboxylic acids is 1. The minimum absolute atomic E-state index is 0.275. The van der Waals surface area contributed by atoms with E-state index in [1.165, 1.54) is 19.3 Å². The van der Waals surface area contributed by atoms with Gasteiger partial charge in [0.15, 0.2) is 0 Å². The monoisotopic (exact) mass is 270 g/mol. The Kier molecular flexibility index (Phi) is 6.09. The summed E-state index contributed by atoms with van der Waals surface area (Å²) in [6.45, 7) is 11.4. The summed E-state index contributed by atoms with van der Waals surface area (Å²) in [6.07, 6.45) is 4.66. The van der Waals surface area contributed by atoms with Gasteiger partial charge in [0.25, 0.3) is 0 Å². The van der Waals surface area contributed by atoms with Crippen LogP contribution in [0.25, 0.3) is 0 Å². The molecule has 1 aliphatic rings. The van der Waals surface area contributed by atoms with Gasteiger partial charge < -0.3 is 9.47 Å². The number of ether oxygens (including phenoxy) is 2. The fraction of sp³-hybridized carbons (Fsp3) is 0.786. The van der Waals surface area contributed by atoms with E-state index in [-0.39, 0.29) is 5.97 Å². The van der Waals surface area contributed by atoms with Crippen molar-refractivity contribution in [2.24, 2.45) is 0 Å². The van der Waals surface area contributed by atoms with Crippen LogP contribution in [0.1, 0.15) is 32.6 Å². The van der Waals surface area contributed by atoms with E-state index in [9.17, 15) is 4.79 Å². The lowest BCUT2D eigenvalue weighted by Crippen LogP contribution is -2.45. The van der Waals surface area contributed by atoms with Crippen LogP contribution >= 0.6 is 0 Å². The van der Waals surface area contributed by atoms with Crippen molar-refractivity contribution in [3.05, 3.63) is 12.2 Å². The molecule has 4 heteroatoms. The van der Waals surface area contributed by atoms with Crippen LogP contribution < -0.4 is 0 Å². The second kappa shape index (κ2) is 7.09. The van der Waals surface area contributed by atoms with Crippen LogP contribution in [-0.2, 0) is 14.3 Å². The van der Waals surface area contributed by atoms with E-state index in [0.717, 1.165) is 19.1 Å². The van der Waals surface area contributed by atoms with Crippen LogP contribution in [0.5, 0.6) is 0 Å². The van der Waals surface area contributed by atoms with Crippen LogP contribution in [0, 0.1) is 0 Å². The van der Waals surface area contributed by atoms with Gasteiger partial charge in [0, 0.05) is 17.9 Å². The molecule has 0 aromatic heterocycles. The maximum absolute atomic E-state index is 11.2. The van der Waals surface area contributed by atoms with Gasteiger partial charge in [-0.05, 0) is 32.6 Å². The van der Waals surface area contributed by atoms with Gasteiger partial charge in [-0.1, -0.05) is 25.7 Å². The number of carbonyl (C=O) groups is 1. The third kappa shape index (κ3) is 4.94. The molecular weight excluding hydrogens is 244 g/mol. The summed E-state index contributed by atoms with van der Waals surface area (Å²) in [4.78, 5) is 11.2. The summed E-state index contributed by atoms with van der Waals surface area (Å²) in [7, 11) is -1.34. The highest BCUT2D eigenvalue weighted by atomic mass is 28.3. The molecule has 0 bridgehead atoms. The molecule has 0 radical (unpaired) electrons. The zero-order chi connectivity index (χ0) is 13.6. The first-order valence-corrected chi connectivity index (χ1v) is 10.2. The predicted octanol–water partition coefficient (Wildman–Crippen LogP) is 3.31. The second-order valence-electron chi connectivity index (χ2n) is 5.86. The predicted molar refractivity (Wildman–Crippen MR) is 76.3 cm³/mol. The normalized spacial score (nSPS) is 20.5. The molecule has 1 fully saturated rings. The molecule has 1 rings (SSSR count). The van der Waals surface area contributed by atoms with Gasteiger partial charge in [-0.25, -0.2) is 4.79 Å². The summed E-state index contributed by atoms with van der Waals surface area (Å²) in [6, 6.07) is 1.15. The summed E-state index contributed by atoms with van der Waals surface area (Å²) in [5.41, 5.74) is 0.963. The Hall–Kier alpha value is -0.613. The van der Waals surface area contributed by atoms with Crippen molar-refractivity contribution in [2.75, 3.05) is 13.2 Å². The van der Waals surface area contributed by atoms with Crippen molar-refractivity contribution in [3.63, 3.8) is 0 Å². The molecule has 104 valence electrons. The van der Waals surface area contributed by atoms with E-state index in [4.69, 9.17) is 9.47 Å². The van der Waals surface area contributed by atoms with E-state index in [1.54, 1.807) is 6.92 Å². The maximum Gasteiger partial charge on any atom is 0.333 e. The molecular formula is C14H26O3Si. The first kappa shape index (κ1) is 15.4. The van der Waals surface area contributed by atoms with Gasteiger partial charge in [-0.2, -0.15) is 0 Å². The van der Waals surface area contributed by atoms with E-state index in [0.29, 0.717) is 17.9 Å². The van der Waals surface area contributed by atoms with Gasteiger partial charge in [0.05, 0.1) is 14.7 Å². The zero-order valence-electron chi connectivity index (χ0n) is 12.0. The van der Waals surface area contributed by atoms with Crippen LogP contribution in [0.4, 0.5) is 0 Å². The summed E-state index contributed by atoms with van der Waals surface area (Å²) in [5, 5.41) is 0. The fourth-order valence-electron chi connectivity index (χ4n) is 2.33. The molecule has 0 N–H and O–H groups in total. The molecule has 0 amide bonds. The lowest BCUT2D eigenvalue weighted by Gasteiger charge is -2.35. The van der Waals surface area contributed by atoms with E-state index in [2.05, 4.69) is 19.7 Å². The standard InChI is InChI=1S/C14H26O3Si/c1-12(2)14(15)17-10-7-11-18(3,4)13-8-5-6-9-16-13/h13H,1,5-11H2,2-4H3. The minimum Gasteiger partial charge on any atom is -0.462 e. The lowest BCUT2D eigenvalue weighted by molar-refractivity contribution is -0.138. The van der Waals surface area contributed by atoms with Crippen molar-refractivity contribution in [3.8, 4) is 0 Å². The van der Waals surface area contributed by atoms with E-state index in [1.807, 2.05) is 0 Å². The van der Waals surface area contributed by atoms with Gasteiger partial charge >= 0.3 is 5.97 Å². The summed E-state index contributed by atoms with van der Waals surface area (Å²) < 4.78 is 11.0. The van der Waals surface area contributed by atoms with Gasteiger partial charge in [-0.3, -0.25) is 0 Å². The molecule has 3 nitrogen and oxygen atoms in total. The Morgan fingerprint density at radius 2 is 2.17 bits per heavy atom. The van der Waals surface area contributed by atoms with Crippen LogP contribution in [0.15, 0.2) is 12.2 Å². The number of hydrogen-bond donors (Lipinski definition) is 0. The molecule has 1 atom stereocenters. The van der Waals surface area contributed by atoms with Crippen molar-refractivity contribution >= 4 is 14.0 Å². The molecule has 0 spiro atoms.